The maximum Gasteiger partial charge on any atom is 0.141 e. The number of pyridine rings is 1. The number of nitriles is 2. The molecule has 0 atom stereocenters. The van der Waals surface area contributed by atoms with Crippen LogP contribution < -0.4 is 0 Å². The lowest BCUT2D eigenvalue weighted by molar-refractivity contribution is 0.466. The number of benzene rings is 2. The molecule has 5 rings (SSSR count). The highest BCUT2D eigenvalue weighted by molar-refractivity contribution is 6.01. The second-order valence-corrected chi connectivity index (χ2v) is 8.51. The summed E-state index contributed by atoms with van der Waals surface area (Å²) in [5.41, 5.74) is 3.06. The number of fused-ring (bicyclic) bond motifs is 1. The number of aromatic nitrogens is 2. The van der Waals surface area contributed by atoms with Gasteiger partial charge in [-0.25, -0.2) is 8.78 Å². The van der Waals surface area contributed by atoms with Gasteiger partial charge in [0.25, 0.3) is 0 Å². The lowest BCUT2D eigenvalue weighted by Crippen LogP contribution is -2.06. The molecule has 0 unspecified atom stereocenters. The molecule has 0 aliphatic heterocycles. The standard InChI is InChI=1S/C27H20F2N4/c28-23-11-18(5-7-20(23)13-30)26-22-9-10-33(16-17-3-1-2-4-17)25(22)15-32-27(26)19-6-8-21(14-31)24(29)12-19/h5-12,15,17H,1-4,16H2. The summed E-state index contributed by atoms with van der Waals surface area (Å²) < 4.78 is 31.2. The van der Waals surface area contributed by atoms with Crippen LogP contribution in [0, 0.1) is 40.2 Å². The van der Waals surface area contributed by atoms with Crippen LogP contribution in [0.5, 0.6) is 0 Å². The number of hydrogen-bond donors (Lipinski definition) is 0. The summed E-state index contributed by atoms with van der Waals surface area (Å²) in [4.78, 5) is 4.67. The van der Waals surface area contributed by atoms with Gasteiger partial charge in [-0.3, -0.25) is 4.98 Å². The SMILES string of the molecule is N#Cc1ccc(-c2ncc3c(ccn3CC3CCCC3)c2-c2ccc(C#N)c(F)c2)cc1F. The average molecular weight is 438 g/mol. The van der Waals surface area contributed by atoms with Crippen molar-refractivity contribution in [2.75, 3.05) is 0 Å². The molecule has 2 heterocycles. The van der Waals surface area contributed by atoms with E-state index in [1.165, 1.54) is 49.9 Å². The van der Waals surface area contributed by atoms with Crippen molar-refractivity contribution >= 4 is 10.9 Å². The minimum atomic E-state index is -0.632. The molecule has 0 bridgehead atoms. The molecule has 1 aliphatic carbocycles. The Labute approximate surface area is 190 Å². The third kappa shape index (κ3) is 3.75. The molecule has 4 aromatic rings. The fourth-order valence-corrected chi connectivity index (χ4v) is 4.81. The van der Waals surface area contributed by atoms with E-state index in [0.29, 0.717) is 28.3 Å². The van der Waals surface area contributed by atoms with E-state index in [-0.39, 0.29) is 11.1 Å². The lowest BCUT2D eigenvalue weighted by Gasteiger charge is -2.15. The van der Waals surface area contributed by atoms with Crippen LogP contribution in [0.2, 0.25) is 0 Å². The van der Waals surface area contributed by atoms with Crippen molar-refractivity contribution < 1.29 is 8.78 Å². The first-order valence-electron chi connectivity index (χ1n) is 11.0. The quantitative estimate of drug-likeness (QED) is 0.361. The van der Waals surface area contributed by atoms with E-state index in [1.54, 1.807) is 18.3 Å². The van der Waals surface area contributed by atoms with E-state index >= 15 is 0 Å². The third-order valence-electron chi connectivity index (χ3n) is 6.50. The van der Waals surface area contributed by atoms with E-state index in [2.05, 4.69) is 9.55 Å². The molecule has 4 nitrogen and oxygen atoms in total. The highest BCUT2D eigenvalue weighted by atomic mass is 19.1. The van der Waals surface area contributed by atoms with Gasteiger partial charge in [0.1, 0.15) is 23.8 Å². The Morgan fingerprint density at radius 1 is 0.909 bits per heavy atom. The number of rotatable bonds is 4. The Kier molecular flexibility index (Phi) is 5.36. The third-order valence-corrected chi connectivity index (χ3v) is 6.50. The zero-order valence-corrected chi connectivity index (χ0v) is 17.9. The minimum Gasteiger partial charge on any atom is -0.346 e. The van der Waals surface area contributed by atoms with Gasteiger partial charge >= 0.3 is 0 Å². The molecule has 0 radical (unpaired) electrons. The summed E-state index contributed by atoms with van der Waals surface area (Å²) in [6.45, 7) is 0.900. The molecule has 1 saturated carbocycles. The van der Waals surface area contributed by atoms with Gasteiger partial charge in [0.15, 0.2) is 0 Å². The first-order valence-corrected chi connectivity index (χ1v) is 11.0. The molecule has 2 aromatic carbocycles. The molecule has 0 amide bonds. The monoisotopic (exact) mass is 438 g/mol. The Balaban J connectivity index is 1.72. The summed E-state index contributed by atoms with van der Waals surface area (Å²) in [5.74, 6) is -0.620. The van der Waals surface area contributed by atoms with Gasteiger partial charge in [0.05, 0.1) is 28.5 Å². The molecule has 6 heteroatoms. The van der Waals surface area contributed by atoms with Crippen molar-refractivity contribution in [2.45, 2.75) is 32.2 Å². The molecule has 2 aromatic heterocycles. The summed E-state index contributed by atoms with van der Waals surface area (Å²) in [5, 5.41) is 19.1. The highest BCUT2D eigenvalue weighted by Crippen LogP contribution is 2.38. The predicted octanol–water partition coefficient (Wildman–Crippen LogP) is 6.58. The molecule has 0 N–H and O–H groups in total. The topological polar surface area (TPSA) is 65.4 Å². The number of halogens is 2. The van der Waals surface area contributed by atoms with Crippen LogP contribution >= 0.6 is 0 Å². The van der Waals surface area contributed by atoms with Crippen molar-refractivity contribution in [3.05, 3.63) is 77.6 Å². The van der Waals surface area contributed by atoms with Crippen molar-refractivity contribution in [2.24, 2.45) is 5.92 Å². The van der Waals surface area contributed by atoms with Crippen molar-refractivity contribution in [1.29, 1.82) is 10.5 Å². The molecule has 0 saturated heterocycles. The van der Waals surface area contributed by atoms with Crippen molar-refractivity contribution in [1.82, 2.24) is 9.55 Å². The second-order valence-electron chi connectivity index (χ2n) is 8.51. The van der Waals surface area contributed by atoms with Gasteiger partial charge in [-0.2, -0.15) is 10.5 Å². The van der Waals surface area contributed by atoms with E-state index in [9.17, 15) is 8.78 Å². The average Bonchev–Trinajstić information content (AvgIpc) is 3.49. The molecule has 33 heavy (non-hydrogen) atoms. The summed E-state index contributed by atoms with van der Waals surface area (Å²) in [7, 11) is 0. The van der Waals surface area contributed by atoms with Crippen LogP contribution in [-0.2, 0) is 6.54 Å². The number of hydrogen-bond acceptors (Lipinski definition) is 3. The van der Waals surface area contributed by atoms with E-state index < -0.39 is 11.6 Å². The van der Waals surface area contributed by atoms with Crippen LogP contribution in [0.3, 0.4) is 0 Å². The molecule has 162 valence electrons. The summed E-state index contributed by atoms with van der Waals surface area (Å²) >= 11 is 0. The van der Waals surface area contributed by atoms with Crippen LogP contribution in [0.4, 0.5) is 8.78 Å². The zero-order chi connectivity index (χ0) is 22.9. The molecular formula is C27H20F2N4. The van der Waals surface area contributed by atoms with Crippen molar-refractivity contribution in [3.8, 4) is 34.5 Å². The van der Waals surface area contributed by atoms with Gasteiger partial charge in [0, 0.05) is 29.3 Å². The van der Waals surface area contributed by atoms with Crippen LogP contribution in [0.15, 0.2) is 54.9 Å². The Morgan fingerprint density at radius 3 is 2.18 bits per heavy atom. The maximum atomic E-state index is 14.6. The largest absolute Gasteiger partial charge is 0.346 e. The normalized spacial score (nSPS) is 13.8. The van der Waals surface area contributed by atoms with E-state index in [0.717, 1.165) is 17.4 Å². The lowest BCUT2D eigenvalue weighted by atomic mass is 9.95. The zero-order valence-electron chi connectivity index (χ0n) is 17.9. The smallest absolute Gasteiger partial charge is 0.141 e. The summed E-state index contributed by atoms with van der Waals surface area (Å²) in [6.07, 6.45) is 8.74. The van der Waals surface area contributed by atoms with Gasteiger partial charge in [0.2, 0.25) is 0 Å². The van der Waals surface area contributed by atoms with Crippen LogP contribution in [-0.4, -0.2) is 9.55 Å². The van der Waals surface area contributed by atoms with E-state index in [4.69, 9.17) is 10.5 Å². The first kappa shape index (κ1) is 20.8. The van der Waals surface area contributed by atoms with Gasteiger partial charge in [-0.05, 0) is 54.7 Å². The van der Waals surface area contributed by atoms with Crippen LogP contribution in [0.25, 0.3) is 33.3 Å². The molecule has 1 aliphatic rings. The van der Waals surface area contributed by atoms with E-state index in [1.807, 2.05) is 24.4 Å². The molecule has 0 spiro atoms. The minimum absolute atomic E-state index is 0.0383. The fourth-order valence-electron chi connectivity index (χ4n) is 4.81. The van der Waals surface area contributed by atoms with Crippen molar-refractivity contribution in [3.63, 3.8) is 0 Å². The Morgan fingerprint density at radius 2 is 1.55 bits per heavy atom. The highest BCUT2D eigenvalue weighted by Gasteiger charge is 2.20. The van der Waals surface area contributed by atoms with Gasteiger partial charge in [-0.15, -0.1) is 0 Å². The molecular weight excluding hydrogens is 418 g/mol. The molecule has 1 fully saturated rings. The maximum absolute atomic E-state index is 14.6. The van der Waals surface area contributed by atoms with Gasteiger partial charge < -0.3 is 4.57 Å². The fraction of sp³-hybridized carbons (Fsp3) is 0.222. The Hall–Kier alpha value is -4.03. The van der Waals surface area contributed by atoms with Crippen LogP contribution in [0.1, 0.15) is 36.8 Å². The van der Waals surface area contributed by atoms with Gasteiger partial charge in [-0.1, -0.05) is 25.0 Å². The second kappa shape index (κ2) is 8.48. The Bertz CT molecular complexity index is 1450. The summed E-state index contributed by atoms with van der Waals surface area (Å²) in [6, 6.07) is 14.5. The number of nitrogens with zero attached hydrogens (tertiary/aromatic N) is 4. The first-order chi connectivity index (χ1) is 16.1. The predicted molar refractivity (Wildman–Crippen MR) is 122 cm³/mol.